The van der Waals surface area contributed by atoms with Crippen molar-refractivity contribution in [3.8, 4) is 17.0 Å². The number of hydrogen-bond acceptors (Lipinski definition) is 3. The van der Waals surface area contributed by atoms with Crippen LogP contribution in [0.15, 0.2) is 18.3 Å². The Morgan fingerprint density at radius 1 is 1.24 bits per heavy atom. The standard InChI is InChI=1S/C19H27Cl2N3O/c1-5-6-7-24(4)11-15-10-22-23-18(15)14-8-16(20)19(17(21)9-14)25-12-13(2)3/h8-10,13H,5-7,11-12H2,1-4H3,(H,22,23). The van der Waals surface area contributed by atoms with E-state index >= 15 is 0 Å². The Kier molecular flexibility index (Phi) is 7.60. The molecule has 0 bridgehead atoms. The Morgan fingerprint density at radius 2 is 1.92 bits per heavy atom. The molecular weight excluding hydrogens is 357 g/mol. The lowest BCUT2D eigenvalue weighted by molar-refractivity contribution is 0.271. The maximum absolute atomic E-state index is 6.41. The number of nitrogens with zero attached hydrogens (tertiary/aromatic N) is 2. The summed E-state index contributed by atoms with van der Waals surface area (Å²) >= 11 is 12.8. The van der Waals surface area contributed by atoms with Crippen LogP contribution in [0.5, 0.6) is 5.75 Å². The fourth-order valence-electron chi connectivity index (χ4n) is 2.57. The van der Waals surface area contributed by atoms with Crippen LogP contribution < -0.4 is 4.74 Å². The smallest absolute Gasteiger partial charge is 0.156 e. The van der Waals surface area contributed by atoms with Gasteiger partial charge in [-0.2, -0.15) is 5.10 Å². The number of hydrogen-bond donors (Lipinski definition) is 1. The first-order valence-corrected chi connectivity index (χ1v) is 9.51. The van der Waals surface area contributed by atoms with E-state index in [-0.39, 0.29) is 0 Å². The van der Waals surface area contributed by atoms with Crippen LogP contribution in [-0.2, 0) is 6.54 Å². The molecule has 1 aromatic carbocycles. The van der Waals surface area contributed by atoms with Crippen LogP contribution in [0, 0.1) is 5.92 Å². The molecule has 1 aromatic heterocycles. The largest absolute Gasteiger partial charge is 0.490 e. The summed E-state index contributed by atoms with van der Waals surface area (Å²) in [6.07, 6.45) is 4.23. The van der Waals surface area contributed by atoms with E-state index in [1.165, 1.54) is 12.8 Å². The van der Waals surface area contributed by atoms with Gasteiger partial charge in [-0.25, -0.2) is 0 Å². The first kappa shape index (κ1) is 20.1. The molecule has 0 aliphatic heterocycles. The highest BCUT2D eigenvalue weighted by atomic mass is 35.5. The molecule has 0 aliphatic carbocycles. The van der Waals surface area contributed by atoms with Gasteiger partial charge in [-0.15, -0.1) is 0 Å². The van der Waals surface area contributed by atoms with Crippen LogP contribution in [0.1, 0.15) is 39.2 Å². The zero-order valence-corrected chi connectivity index (χ0v) is 16.9. The predicted molar refractivity (Wildman–Crippen MR) is 106 cm³/mol. The molecule has 0 saturated heterocycles. The van der Waals surface area contributed by atoms with Gasteiger partial charge < -0.3 is 9.64 Å². The topological polar surface area (TPSA) is 41.2 Å². The second-order valence-corrected chi connectivity index (χ2v) is 7.65. The molecule has 0 saturated carbocycles. The molecule has 25 heavy (non-hydrogen) atoms. The number of aromatic amines is 1. The number of halogens is 2. The first-order valence-electron chi connectivity index (χ1n) is 8.75. The van der Waals surface area contributed by atoms with Gasteiger partial charge in [0.1, 0.15) is 0 Å². The second-order valence-electron chi connectivity index (χ2n) is 6.84. The highest BCUT2D eigenvalue weighted by Crippen LogP contribution is 2.38. The number of benzene rings is 1. The van der Waals surface area contributed by atoms with Crippen molar-refractivity contribution in [2.24, 2.45) is 5.92 Å². The van der Waals surface area contributed by atoms with Gasteiger partial charge in [0.05, 0.1) is 28.5 Å². The van der Waals surface area contributed by atoms with Gasteiger partial charge in [-0.1, -0.05) is 50.4 Å². The lowest BCUT2D eigenvalue weighted by Crippen LogP contribution is -2.19. The summed E-state index contributed by atoms with van der Waals surface area (Å²) in [7, 11) is 2.12. The summed E-state index contributed by atoms with van der Waals surface area (Å²) in [4.78, 5) is 2.29. The molecule has 2 aromatic rings. The molecule has 6 heteroatoms. The number of rotatable bonds is 9. The normalized spacial score (nSPS) is 11.5. The first-order chi connectivity index (χ1) is 11.9. The minimum absolute atomic E-state index is 0.407. The van der Waals surface area contributed by atoms with Crippen molar-refractivity contribution in [1.29, 1.82) is 0 Å². The van der Waals surface area contributed by atoms with Crippen molar-refractivity contribution in [3.63, 3.8) is 0 Å². The third-order valence-electron chi connectivity index (χ3n) is 3.90. The molecular formula is C19H27Cl2N3O. The van der Waals surface area contributed by atoms with Crippen molar-refractivity contribution in [2.75, 3.05) is 20.2 Å². The summed E-state index contributed by atoms with van der Waals surface area (Å²) in [5.41, 5.74) is 2.99. The summed E-state index contributed by atoms with van der Waals surface area (Å²) < 4.78 is 5.74. The summed E-state index contributed by atoms with van der Waals surface area (Å²) in [5, 5.41) is 8.31. The zero-order valence-electron chi connectivity index (χ0n) is 15.4. The van der Waals surface area contributed by atoms with Gasteiger partial charge in [0, 0.05) is 17.7 Å². The van der Waals surface area contributed by atoms with Crippen molar-refractivity contribution < 1.29 is 4.74 Å². The van der Waals surface area contributed by atoms with E-state index in [1.54, 1.807) is 0 Å². The fourth-order valence-corrected chi connectivity index (χ4v) is 3.17. The van der Waals surface area contributed by atoms with Gasteiger partial charge in [-0.3, -0.25) is 5.10 Å². The molecule has 0 atom stereocenters. The molecule has 2 rings (SSSR count). The predicted octanol–water partition coefficient (Wildman–Crippen LogP) is 5.65. The SMILES string of the molecule is CCCCN(C)Cc1cn[nH]c1-c1cc(Cl)c(OCC(C)C)c(Cl)c1. The van der Waals surface area contributed by atoms with Gasteiger partial charge in [0.2, 0.25) is 0 Å². The number of nitrogens with one attached hydrogen (secondary N) is 1. The van der Waals surface area contributed by atoms with Gasteiger partial charge >= 0.3 is 0 Å². The highest BCUT2D eigenvalue weighted by molar-refractivity contribution is 6.37. The number of aromatic nitrogens is 2. The third kappa shape index (κ3) is 5.63. The summed E-state index contributed by atoms with van der Waals surface area (Å²) in [6.45, 7) is 8.84. The van der Waals surface area contributed by atoms with E-state index in [2.05, 4.69) is 42.9 Å². The molecule has 0 unspecified atom stereocenters. The average molecular weight is 384 g/mol. The van der Waals surface area contributed by atoms with E-state index in [9.17, 15) is 0 Å². The van der Waals surface area contributed by atoms with Crippen LogP contribution in [0.4, 0.5) is 0 Å². The van der Waals surface area contributed by atoms with Gasteiger partial charge in [-0.05, 0) is 38.1 Å². The highest BCUT2D eigenvalue weighted by Gasteiger charge is 2.15. The molecule has 138 valence electrons. The van der Waals surface area contributed by atoms with E-state index < -0.39 is 0 Å². The van der Waals surface area contributed by atoms with Crippen molar-refractivity contribution in [3.05, 3.63) is 33.9 Å². The Morgan fingerprint density at radius 3 is 2.52 bits per heavy atom. The quantitative estimate of drug-likeness (QED) is 0.607. The van der Waals surface area contributed by atoms with Crippen LogP contribution >= 0.6 is 23.2 Å². The monoisotopic (exact) mass is 383 g/mol. The van der Waals surface area contributed by atoms with Crippen molar-refractivity contribution in [1.82, 2.24) is 15.1 Å². The molecule has 1 heterocycles. The lowest BCUT2D eigenvalue weighted by atomic mass is 10.1. The molecule has 4 nitrogen and oxygen atoms in total. The van der Waals surface area contributed by atoms with Gasteiger partial charge in [0.15, 0.2) is 5.75 Å². The minimum Gasteiger partial charge on any atom is -0.490 e. The minimum atomic E-state index is 0.407. The zero-order chi connectivity index (χ0) is 18.4. The van der Waals surface area contributed by atoms with E-state index in [0.29, 0.717) is 28.3 Å². The van der Waals surface area contributed by atoms with E-state index in [0.717, 1.165) is 29.9 Å². The maximum Gasteiger partial charge on any atom is 0.156 e. The second kappa shape index (κ2) is 9.46. The number of H-pyrrole nitrogens is 1. The maximum atomic E-state index is 6.41. The van der Waals surface area contributed by atoms with Crippen molar-refractivity contribution >= 4 is 23.2 Å². The Hall–Kier alpha value is -1.23. The Labute approximate surface area is 160 Å². The summed E-state index contributed by atoms with van der Waals surface area (Å²) in [6, 6.07) is 3.76. The average Bonchev–Trinajstić information content (AvgIpc) is 2.99. The number of unbranched alkanes of at least 4 members (excludes halogenated alkanes) is 1. The molecule has 0 spiro atoms. The summed E-state index contributed by atoms with van der Waals surface area (Å²) in [5.74, 6) is 0.951. The van der Waals surface area contributed by atoms with E-state index in [1.807, 2.05) is 18.3 Å². The van der Waals surface area contributed by atoms with Crippen LogP contribution in [0.2, 0.25) is 10.0 Å². The van der Waals surface area contributed by atoms with E-state index in [4.69, 9.17) is 27.9 Å². The molecule has 0 radical (unpaired) electrons. The lowest BCUT2D eigenvalue weighted by Gasteiger charge is -2.17. The van der Waals surface area contributed by atoms with Gasteiger partial charge in [0.25, 0.3) is 0 Å². The van der Waals surface area contributed by atoms with Crippen LogP contribution in [0.3, 0.4) is 0 Å². The van der Waals surface area contributed by atoms with Crippen LogP contribution in [0.25, 0.3) is 11.3 Å². The van der Waals surface area contributed by atoms with Crippen LogP contribution in [-0.4, -0.2) is 35.3 Å². The fraction of sp³-hybridized carbons (Fsp3) is 0.526. The molecule has 0 fully saturated rings. The Balaban J connectivity index is 2.21. The molecule has 1 N–H and O–H groups in total. The molecule has 0 aliphatic rings. The van der Waals surface area contributed by atoms with Crippen molar-refractivity contribution in [2.45, 2.75) is 40.2 Å². The third-order valence-corrected chi connectivity index (χ3v) is 4.46. The number of ether oxygens (including phenoxy) is 1. The Bertz CT molecular complexity index is 662. The molecule has 0 amide bonds.